The second kappa shape index (κ2) is 7.64. The molecule has 6 heteroatoms. The average molecular weight is 395 g/mol. The highest BCUT2D eigenvalue weighted by molar-refractivity contribution is 6.55. The SMILES string of the molecule is [CH2-][N+]1(CC2CC[C@@H]3CC2C3(C)C)CC(=O)OB(/C=C/c2ccccc2)OC(=O)C1. The largest absolute Gasteiger partial charge is 0.629 e. The van der Waals surface area contributed by atoms with E-state index in [1.54, 1.807) is 12.1 Å². The Labute approximate surface area is 173 Å². The van der Waals surface area contributed by atoms with E-state index in [0.29, 0.717) is 17.3 Å². The topological polar surface area (TPSA) is 52.6 Å². The zero-order valence-electron chi connectivity index (χ0n) is 17.4. The number of hydrogen-bond acceptors (Lipinski definition) is 4. The lowest BCUT2D eigenvalue weighted by Crippen LogP contribution is -2.60. The highest BCUT2D eigenvalue weighted by Crippen LogP contribution is 2.61. The fourth-order valence-electron chi connectivity index (χ4n) is 5.60. The molecule has 154 valence electrons. The van der Waals surface area contributed by atoms with Gasteiger partial charge in [0, 0.05) is 5.92 Å². The molecule has 4 fully saturated rings. The maximum Gasteiger partial charge on any atom is 0.629 e. The Hall–Kier alpha value is -2.08. The molecule has 5 rings (SSSR count). The Morgan fingerprint density at radius 1 is 1.14 bits per heavy atom. The van der Waals surface area contributed by atoms with Crippen molar-refractivity contribution in [2.24, 2.45) is 23.2 Å². The summed E-state index contributed by atoms with van der Waals surface area (Å²) in [5.41, 5.74) is 1.31. The fourth-order valence-corrected chi connectivity index (χ4v) is 5.60. The predicted octanol–water partition coefficient (Wildman–Crippen LogP) is 3.51. The van der Waals surface area contributed by atoms with Crippen molar-refractivity contribution in [3.05, 3.63) is 48.9 Å². The number of carbonyl (C=O) groups excluding carboxylic acids is 2. The summed E-state index contributed by atoms with van der Waals surface area (Å²) in [5, 5.41) is 0. The van der Waals surface area contributed by atoms with Gasteiger partial charge < -0.3 is 13.8 Å². The predicted molar refractivity (Wildman–Crippen MR) is 112 cm³/mol. The van der Waals surface area contributed by atoms with E-state index in [4.69, 9.17) is 9.31 Å². The molecule has 3 saturated carbocycles. The van der Waals surface area contributed by atoms with Crippen LogP contribution in [0.15, 0.2) is 36.3 Å². The van der Waals surface area contributed by atoms with Gasteiger partial charge in [0.25, 0.3) is 0 Å². The number of fused-ring (bicyclic) bond motifs is 2. The maximum atomic E-state index is 12.5. The van der Waals surface area contributed by atoms with Crippen LogP contribution in [-0.2, 0) is 18.9 Å². The zero-order chi connectivity index (χ0) is 20.6. The molecule has 0 aromatic heterocycles. The van der Waals surface area contributed by atoms with Crippen molar-refractivity contribution >= 4 is 25.1 Å². The summed E-state index contributed by atoms with van der Waals surface area (Å²) in [7, 11) is 3.27. The van der Waals surface area contributed by atoms with Crippen LogP contribution in [0.2, 0.25) is 0 Å². The standard InChI is InChI=1S/C23H30BNO4/c1-23(2)19-10-9-18(20(23)13-19)14-25(3)15-21(26)28-24(29-22(27)16-25)12-11-17-7-5-4-6-8-17/h4-8,11-12,18-20H,3,9-10,13-16H2,1-2H3/b12-11+/t18?,19-,20?/m1/s1. The van der Waals surface area contributed by atoms with Crippen LogP contribution in [0.1, 0.15) is 38.7 Å². The Kier molecular flexibility index (Phi) is 5.32. The highest BCUT2D eigenvalue weighted by atomic mass is 16.6. The van der Waals surface area contributed by atoms with Crippen LogP contribution in [0.25, 0.3) is 6.08 Å². The van der Waals surface area contributed by atoms with E-state index in [1.807, 2.05) is 30.3 Å². The van der Waals surface area contributed by atoms with E-state index < -0.39 is 7.12 Å². The van der Waals surface area contributed by atoms with Gasteiger partial charge in [-0.1, -0.05) is 50.3 Å². The molecule has 1 aliphatic heterocycles. The Bertz CT molecular complexity index is 784. The summed E-state index contributed by atoms with van der Waals surface area (Å²) in [6, 6.07) is 9.62. The van der Waals surface area contributed by atoms with Gasteiger partial charge in [0.1, 0.15) is 0 Å². The van der Waals surface area contributed by atoms with Gasteiger partial charge in [-0.2, -0.15) is 0 Å². The number of hydrogen-bond donors (Lipinski definition) is 0. The smallest absolute Gasteiger partial charge is 0.491 e. The van der Waals surface area contributed by atoms with Gasteiger partial charge in [0.05, 0.1) is 6.54 Å². The Balaban J connectivity index is 1.41. The first-order valence-corrected chi connectivity index (χ1v) is 10.6. The molecule has 4 aliphatic rings. The number of benzene rings is 1. The molecule has 1 aromatic rings. The van der Waals surface area contributed by atoms with E-state index in [1.165, 1.54) is 12.8 Å². The van der Waals surface area contributed by atoms with Crippen molar-refractivity contribution in [1.29, 1.82) is 0 Å². The fraction of sp³-hybridized carbons (Fsp3) is 0.522. The van der Waals surface area contributed by atoms with Crippen LogP contribution in [0.5, 0.6) is 0 Å². The van der Waals surface area contributed by atoms with Crippen molar-refractivity contribution in [2.75, 3.05) is 19.6 Å². The van der Waals surface area contributed by atoms with Gasteiger partial charge in [-0.25, -0.2) is 9.59 Å². The van der Waals surface area contributed by atoms with Crippen LogP contribution >= 0.6 is 0 Å². The monoisotopic (exact) mass is 395 g/mol. The van der Waals surface area contributed by atoms with Crippen molar-refractivity contribution < 1.29 is 23.4 Å². The van der Waals surface area contributed by atoms with Gasteiger partial charge in [0.15, 0.2) is 13.1 Å². The Morgan fingerprint density at radius 2 is 1.79 bits per heavy atom. The second-order valence-electron chi connectivity index (χ2n) is 9.66. The minimum absolute atomic E-state index is 0.0951. The summed E-state index contributed by atoms with van der Waals surface area (Å²) in [5.74, 6) is 2.81. The summed E-state index contributed by atoms with van der Waals surface area (Å²) in [4.78, 5) is 25.1. The molecule has 2 bridgehead atoms. The van der Waals surface area contributed by atoms with Crippen LogP contribution in [0.3, 0.4) is 0 Å². The first kappa shape index (κ1) is 20.2. The van der Waals surface area contributed by atoms with Crippen LogP contribution in [0, 0.1) is 30.2 Å². The highest BCUT2D eigenvalue weighted by Gasteiger charge is 2.55. The van der Waals surface area contributed by atoms with Crippen LogP contribution in [-0.4, -0.2) is 43.2 Å². The van der Waals surface area contributed by atoms with E-state index >= 15 is 0 Å². The van der Waals surface area contributed by atoms with Crippen LogP contribution in [0.4, 0.5) is 0 Å². The number of quaternary nitrogens is 1. The minimum Gasteiger partial charge on any atom is -0.491 e. The van der Waals surface area contributed by atoms with Gasteiger partial charge in [0.2, 0.25) is 0 Å². The molecule has 0 radical (unpaired) electrons. The van der Waals surface area contributed by atoms with E-state index in [2.05, 4.69) is 20.9 Å². The summed E-state index contributed by atoms with van der Waals surface area (Å²) < 4.78 is 11.0. The third-order valence-electron chi connectivity index (χ3n) is 7.29. The lowest BCUT2D eigenvalue weighted by molar-refractivity contribution is -0.876. The molecule has 3 atom stereocenters. The molecular weight excluding hydrogens is 365 g/mol. The van der Waals surface area contributed by atoms with Gasteiger partial charge in [-0.15, -0.1) is 7.05 Å². The quantitative estimate of drug-likeness (QED) is 0.445. The molecular formula is C23H30BNO4. The summed E-state index contributed by atoms with van der Waals surface area (Å²) in [6.45, 7) is 5.61. The van der Waals surface area contributed by atoms with E-state index in [-0.39, 0.29) is 29.5 Å². The van der Waals surface area contributed by atoms with Gasteiger partial charge in [-0.3, -0.25) is 0 Å². The molecule has 0 spiro atoms. The third-order valence-corrected chi connectivity index (χ3v) is 7.29. The molecule has 3 aliphatic carbocycles. The average Bonchev–Trinajstić information content (AvgIpc) is 2.65. The molecule has 1 heterocycles. The molecule has 5 nitrogen and oxygen atoms in total. The van der Waals surface area contributed by atoms with E-state index in [9.17, 15) is 9.59 Å². The van der Waals surface area contributed by atoms with E-state index in [0.717, 1.165) is 24.4 Å². The van der Waals surface area contributed by atoms with Crippen molar-refractivity contribution in [1.82, 2.24) is 0 Å². The lowest BCUT2D eigenvalue weighted by Gasteiger charge is -2.61. The number of rotatable bonds is 4. The maximum absolute atomic E-state index is 12.5. The molecule has 29 heavy (non-hydrogen) atoms. The number of carbonyl (C=O) groups is 2. The van der Waals surface area contributed by atoms with Gasteiger partial charge >= 0.3 is 19.1 Å². The first-order valence-electron chi connectivity index (χ1n) is 10.6. The second-order valence-corrected chi connectivity index (χ2v) is 9.66. The molecule has 0 N–H and O–H groups in total. The Morgan fingerprint density at radius 3 is 2.38 bits per heavy atom. The summed E-state index contributed by atoms with van der Waals surface area (Å²) >= 11 is 0. The molecule has 2 unspecified atom stereocenters. The normalized spacial score (nSPS) is 30.7. The van der Waals surface area contributed by atoms with Crippen molar-refractivity contribution in [3.8, 4) is 0 Å². The lowest BCUT2D eigenvalue weighted by atomic mass is 9.45. The van der Waals surface area contributed by atoms with Crippen LogP contribution < -0.4 is 0 Å². The summed E-state index contributed by atoms with van der Waals surface area (Å²) in [6.07, 6.45) is 5.44. The minimum atomic E-state index is -0.995. The first-order chi connectivity index (χ1) is 13.7. The third kappa shape index (κ3) is 4.27. The zero-order valence-corrected chi connectivity index (χ0v) is 17.4. The molecule has 0 amide bonds. The number of nitrogens with zero attached hydrogens (tertiary/aromatic N) is 1. The molecule has 1 saturated heterocycles. The molecule has 1 aromatic carbocycles. The van der Waals surface area contributed by atoms with Crippen molar-refractivity contribution in [3.63, 3.8) is 0 Å². The van der Waals surface area contributed by atoms with Gasteiger partial charge in [-0.05, 0) is 48.1 Å². The van der Waals surface area contributed by atoms with Crippen molar-refractivity contribution in [2.45, 2.75) is 33.1 Å².